The molecule has 0 aliphatic rings. The average molecular weight is 261 g/mol. The first-order chi connectivity index (χ1) is 7.56. The summed E-state index contributed by atoms with van der Waals surface area (Å²) in [5.74, 6) is -0.673. The van der Waals surface area contributed by atoms with E-state index in [0.29, 0.717) is 0 Å². The molecule has 0 spiro atoms. The van der Waals surface area contributed by atoms with Gasteiger partial charge in [-0.05, 0) is 25.1 Å². The van der Waals surface area contributed by atoms with Crippen LogP contribution >= 0.6 is 0 Å². The predicted molar refractivity (Wildman–Crippen MR) is 72.3 cm³/mol. The van der Waals surface area contributed by atoms with E-state index in [-0.39, 0.29) is 29.6 Å². The Morgan fingerprint density at radius 1 is 1.35 bits per heavy atom. The van der Waals surface area contributed by atoms with E-state index in [1.54, 1.807) is 0 Å². The van der Waals surface area contributed by atoms with Gasteiger partial charge in [-0.15, -0.1) is 0 Å². The zero-order valence-electron chi connectivity index (χ0n) is 12.2. The van der Waals surface area contributed by atoms with Gasteiger partial charge in [0.15, 0.2) is 8.32 Å². The minimum absolute atomic E-state index is 0.122. The van der Waals surface area contributed by atoms with Crippen LogP contribution in [0.3, 0.4) is 0 Å². The molecule has 2 unspecified atom stereocenters. The molecule has 0 aromatic carbocycles. The first-order valence-electron chi connectivity index (χ1n) is 6.02. The number of methoxy groups -OCH3 is 1. The van der Waals surface area contributed by atoms with Crippen LogP contribution in [0.1, 0.15) is 27.7 Å². The second kappa shape index (κ2) is 5.98. The van der Waals surface area contributed by atoms with Gasteiger partial charge >= 0.3 is 5.97 Å². The Kier molecular flexibility index (Phi) is 5.84. The van der Waals surface area contributed by atoms with Crippen LogP contribution in [0.15, 0.2) is 0 Å². The maximum absolute atomic E-state index is 11.6. The number of ether oxygens (including phenoxy) is 1. The fraction of sp³-hybridized carbons (Fsp3) is 0.917. The molecular formula is C12H27NO3Si. The highest BCUT2D eigenvalue weighted by molar-refractivity contribution is 6.74. The Balaban J connectivity index is 4.72. The van der Waals surface area contributed by atoms with Crippen molar-refractivity contribution in [2.45, 2.75) is 51.9 Å². The molecular weight excluding hydrogens is 234 g/mol. The van der Waals surface area contributed by atoms with E-state index in [1.807, 2.05) is 6.92 Å². The molecule has 0 heterocycles. The molecule has 2 N–H and O–H groups in total. The summed E-state index contributed by atoms with van der Waals surface area (Å²) in [6.45, 7) is 13.0. The first-order valence-corrected chi connectivity index (χ1v) is 8.93. The summed E-state index contributed by atoms with van der Waals surface area (Å²) in [5, 5.41) is 0.122. The molecule has 5 heteroatoms. The topological polar surface area (TPSA) is 61.5 Å². The third-order valence-corrected chi connectivity index (χ3v) is 8.18. The maximum atomic E-state index is 11.6. The Labute approximate surface area is 106 Å². The largest absolute Gasteiger partial charge is 0.469 e. The number of nitrogens with two attached hydrogens (primary N) is 1. The van der Waals surface area contributed by atoms with Crippen molar-refractivity contribution >= 4 is 14.3 Å². The van der Waals surface area contributed by atoms with Crippen LogP contribution in [0, 0.1) is 5.92 Å². The monoisotopic (exact) mass is 261 g/mol. The molecule has 0 aromatic heterocycles. The van der Waals surface area contributed by atoms with Crippen molar-refractivity contribution in [3.8, 4) is 0 Å². The average Bonchev–Trinajstić information content (AvgIpc) is 2.15. The third-order valence-electron chi connectivity index (χ3n) is 3.61. The molecule has 2 atom stereocenters. The van der Waals surface area contributed by atoms with Gasteiger partial charge in [-0.25, -0.2) is 0 Å². The van der Waals surface area contributed by atoms with E-state index < -0.39 is 8.32 Å². The molecule has 0 rings (SSSR count). The lowest BCUT2D eigenvalue weighted by Crippen LogP contribution is -2.47. The minimum Gasteiger partial charge on any atom is -0.469 e. The van der Waals surface area contributed by atoms with Crippen LogP contribution in [0.5, 0.6) is 0 Å². The van der Waals surface area contributed by atoms with E-state index in [9.17, 15) is 4.79 Å². The van der Waals surface area contributed by atoms with Crippen LogP contribution in [-0.4, -0.2) is 34.0 Å². The van der Waals surface area contributed by atoms with Gasteiger partial charge < -0.3 is 14.9 Å². The zero-order chi connectivity index (χ0) is 13.9. The lowest BCUT2D eigenvalue weighted by Gasteiger charge is -2.39. The van der Waals surface area contributed by atoms with Crippen molar-refractivity contribution in [1.29, 1.82) is 0 Å². The summed E-state index contributed by atoms with van der Waals surface area (Å²) in [5.41, 5.74) is 5.61. The summed E-state index contributed by atoms with van der Waals surface area (Å²) in [6.07, 6.45) is -0.201. The number of carbonyl (C=O) groups excluding carboxylic acids is 1. The van der Waals surface area contributed by atoms with Gasteiger partial charge in [-0.3, -0.25) is 4.79 Å². The smallest absolute Gasteiger partial charge is 0.312 e. The number of hydrogen-bond acceptors (Lipinski definition) is 4. The second-order valence-corrected chi connectivity index (χ2v) is 10.7. The van der Waals surface area contributed by atoms with Crippen LogP contribution < -0.4 is 5.73 Å². The summed E-state index contributed by atoms with van der Waals surface area (Å²) < 4.78 is 10.9. The van der Waals surface area contributed by atoms with Gasteiger partial charge in [0.25, 0.3) is 0 Å². The highest BCUT2D eigenvalue weighted by Crippen LogP contribution is 2.37. The summed E-state index contributed by atoms with van der Waals surface area (Å²) in [7, 11) is -0.490. The lowest BCUT2D eigenvalue weighted by atomic mass is 10.1. The first kappa shape index (κ1) is 16.6. The van der Waals surface area contributed by atoms with E-state index in [4.69, 9.17) is 14.9 Å². The number of rotatable bonds is 5. The van der Waals surface area contributed by atoms with Gasteiger partial charge in [0.1, 0.15) is 0 Å². The van der Waals surface area contributed by atoms with Crippen LogP contribution in [0.2, 0.25) is 18.1 Å². The quantitative estimate of drug-likeness (QED) is 0.608. The second-order valence-electron chi connectivity index (χ2n) is 5.95. The Morgan fingerprint density at radius 3 is 2.12 bits per heavy atom. The van der Waals surface area contributed by atoms with Crippen molar-refractivity contribution in [2.75, 3.05) is 13.7 Å². The SMILES string of the molecule is COC(=O)C(CN)C(C)O[Si](C)(C)C(C)(C)C. The standard InChI is InChI=1S/C12H27NO3Si/c1-9(10(8-13)11(14)15-5)16-17(6,7)12(2,3)4/h9-10H,8,13H2,1-7H3. The molecule has 0 radical (unpaired) electrons. The van der Waals surface area contributed by atoms with Crippen molar-refractivity contribution in [2.24, 2.45) is 11.7 Å². The molecule has 4 nitrogen and oxygen atoms in total. The van der Waals surface area contributed by atoms with Crippen LogP contribution in [0.25, 0.3) is 0 Å². The highest BCUT2D eigenvalue weighted by atomic mass is 28.4. The molecule has 102 valence electrons. The van der Waals surface area contributed by atoms with E-state index in [1.165, 1.54) is 7.11 Å². The van der Waals surface area contributed by atoms with Gasteiger partial charge in [-0.2, -0.15) is 0 Å². The van der Waals surface area contributed by atoms with E-state index >= 15 is 0 Å². The van der Waals surface area contributed by atoms with E-state index in [0.717, 1.165) is 0 Å². The molecule has 0 bridgehead atoms. The fourth-order valence-corrected chi connectivity index (χ4v) is 2.80. The predicted octanol–water partition coefficient (Wildman–Crippen LogP) is 2.14. The molecule has 0 fully saturated rings. The van der Waals surface area contributed by atoms with Gasteiger partial charge in [0.2, 0.25) is 0 Å². The molecule has 0 amide bonds. The summed E-state index contributed by atoms with van der Waals surface area (Å²) >= 11 is 0. The Bertz CT molecular complexity index is 261. The Morgan fingerprint density at radius 2 is 1.82 bits per heavy atom. The van der Waals surface area contributed by atoms with Crippen LogP contribution in [0.4, 0.5) is 0 Å². The molecule has 17 heavy (non-hydrogen) atoms. The lowest BCUT2D eigenvalue weighted by molar-refractivity contribution is -0.148. The number of esters is 1. The molecule has 0 aromatic rings. The molecule has 0 saturated heterocycles. The normalized spacial score (nSPS) is 16.5. The Hall–Kier alpha value is -0.393. The van der Waals surface area contributed by atoms with Gasteiger partial charge in [0.05, 0.1) is 19.1 Å². The third kappa shape index (κ3) is 4.41. The fourth-order valence-electron chi connectivity index (χ4n) is 1.35. The number of hydrogen-bond donors (Lipinski definition) is 1. The van der Waals surface area contributed by atoms with Gasteiger partial charge in [-0.1, -0.05) is 20.8 Å². The highest BCUT2D eigenvalue weighted by Gasteiger charge is 2.40. The molecule has 0 saturated carbocycles. The summed E-state index contributed by atoms with van der Waals surface area (Å²) in [6, 6.07) is 0. The molecule has 0 aliphatic heterocycles. The zero-order valence-corrected chi connectivity index (χ0v) is 13.2. The van der Waals surface area contributed by atoms with Crippen molar-refractivity contribution in [1.82, 2.24) is 0 Å². The van der Waals surface area contributed by atoms with Gasteiger partial charge in [0, 0.05) is 6.54 Å². The van der Waals surface area contributed by atoms with Crippen molar-refractivity contribution in [3.63, 3.8) is 0 Å². The van der Waals surface area contributed by atoms with Crippen molar-refractivity contribution in [3.05, 3.63) is 0 Å². The van der Waals surface area contributed by atoms with Crippen LogP contribution in [-0.2, 0) is 14.0 Å². The van der Waals surface area contributed by atoms with E-state index in [2.05, 4.69) is 33.9 Å². The molecule has 0 aliphatic carbocycles. The maximum Gasteiger partial charge on any atom is 0.312 e. The van der Waals surface area contributed by atoms with Crippen molar-refractivity contribution < 1.29 is 14.0 Å². The number of carbonyl (C=O) groups is 1. The minimum atomic E-state index is -1.87. The summed E-state index contributed by atoms with van der Waals surface area (Å²) in [4.78, 5) is 11.6.